The first-order chi connectivity index (χ1) is 11.1. The molecule has 118 valence electrons. The smallest absolute Gasteiger partial charge is 0.167 e. The Labute approximate surface area is 137 Å². The van der Waals surface area contributed by atoms with Crippen molar-refractivity contribution in [1.29, 1.82) is 0 Å². The molecule has 0 unspecified atom stereocenters. The average Bonchev–Trinajstić information content (AvgIpc) is 2.93. The van der Waals surface area contributed by atoms with Crippen molar-refractivity contribution in [3.63, 3.8) is 0 Å². The summed E-state index contributed by atoms with van der Waals surface area (Å²) >= 11 is 5.92. The van der Waals surface area contributed by atoms with Crippen molar-refractivity contribution in [3.8, 4) is 5.69 Å². The number of hydrogen-bond donors (Lipinski definition) is 0. The highest BCUT2D eigenvalue weighted by atomic mass is 35.5. The molecule has 0 saturated heterocycles. The molecule has 1 aromatic carbocycles. The zero-order valence-electron chi connectivity index (χ0n) is 12.6. The Hall–Kier alpha value is -2.21. The normalized spacial score (nSPS) is 15.8. The number of benzene rings is 1. The number of imidazole rings is 1. The molecule has 3 aromatic rings. The predicted octanol–water partition coefficient (Wildman–Crippen LogP) is 3.30. The lowest BCUT2D eigenvalue weighted by molar-refractivity contribution is 0.502. The van der Waals surface area contributed by atoms with Gasteiger partial charge < -0.3 is 4.57 Å². The molecule has 2 heterocycles. The van der Waals surface area contributed by atoms with Gasteiger partial charge in [-0.3, -0.25) is 0 Å². The van der Waals surface area contributed by atoms with Gasteiger partial charge in [0.05, 0.1) is 11.3 Å². The Balaban J connectivity index is 1.80. The molecule has 0 aliphatic heterocycles. The molecule has 2 aromatic heterocycles. The highest BCUT2D eigenvalue weighted by molar-refractivity contribution is 6.30. The summed E-state index contributed by atoms with van der Waals surface area (Å²) in [7, 11) is 0. The summed E-state index contributed by atoms with van der Waals surface area (Å²) in [6.07, 6.45) is 7.45. The minimum Gasteiger partial charge on any atom is -0.336 e. The first-order valence-electron chi connectivity index (χ1n) is 7.43. The standard InChI is InChI=1S/C16H15ClFN5/c1-11-20-15(16(5-6-16)9-22-8-7-19-10-22)23(21-11)13-4-2-3-12(17)14(13)18/h2-4,7-8,10H,5-6,9H2,1H3. The SMILES string of the molecule is Cc1nc(C2(Cn3ccnc3)CC2)n(-c2cccc(Cl)c2F)n1. The molecule has 0 radical (unpaired) electrons. The topological polar surface area (TPSA) is 48.5 Å². The maximum absolute atomic E-state index is 14.4. The Morgan fingerprint density at radius 1 is 1.35 bits per heavy atom. The van der Waals surface area contributed by atoms with Crippen molar-refractivity contribution in [2.45, 2.75) is 31.7 Å². The van der Waals surface area contributed by atoms with Crippen molar-refractivity contribution in [2.24, 2.45) is 0 Å². The number of rotatable bonds is 4. The quantitative estimate of drug-likeness (QED) is 0.737. The van der Waals surface area contributed by atoms with Crippen LogP contribution in [0.15, 0.2) is 36.9 Å². The third-order valence-corrected chi connectivity index (χ3v) is 4.54. The summed E-state index contributed by atoms with van der Waals surface area (Å²) < 4.78 is 18.0. The maximum atomic E-state index is 14.4. The fourth-order valence-corrected chi connectivity index (χ4v) is 3.08. The molecule has 0 N–H and O–H groups in total. The van der Waals surface area contributed by atoms with E-state index >= 15 is 0 Å². The van der Waals surface area contributed by atoms with Gasteiger partial charge in [0.15, 0.2) is 5.82 Å². The Morgan fingerprint density at radius 2 is 2.17 bits per heavy atom. The lowest BCUT2D eigenvalue weighted by Crippen LogP contribution is -2.21. The second-order valence-electron chi connectivity index (χ2n) is 5.98. The largest absolute Gasteiger partial charge is 0.336 e. The van der Waals surface area contributed by atoms with Gasteiger partial charge in [0.25, 0.3) is 0 Å². The fraction of sp³-hybridized carbons (Fsp3) is 0.312. The lowest BCUT2D eigenvalue weighted by Gasteiger charge is -2.17. The number of nitrogens with zero attached hydrogens (tertiary/aromatic N) is 5. The van der Waals surface area contributed by atoms with Gasteiger partial charge in [0.2, 0.25) is 0 Å². The van der Waals surface area contributed by atoms with Crippen LogP contribution in [0.1, 0.15) is 24.5 Å². The van der Waals surface area contributed by atoms with Crippen molar-refractivity contribution in [1.82, 2.24) is 24.3 Å². The van der Waals surface area contributed by atoms with E-state index in [2.05, 4.69) is 15.1 Å². The Kier molecular flexibility index (Phi) is 3.23. The highest BCUT2D eigenvalue weighted by Gasteiger charge is 2.49. The minimum atomic E-state index is -0.473. The van der Waals surface area contributed by atoms with Crippen molar-refractivity contribution in [2.75, 3.05) is 0 Å². The first-order valence-corrected chi connectivity index (χ1v) is 7.81. The molecule has 0 amide bonds. The van der Waals surface area contributed by atoms with E-state index in [0.29, 0.717) is 11.5 Å². The van der Waals surface area contributed by atoms with Gasteiger partial charge >= 0.3 is 0 Å². The molecule has 23 heavy (non-hydrogen) atoms. The van der Waals surface area contributed by atoms with Crippen LogP contribution in [0.4, 0.5) is 4.39 Å². The van der Waals surface area contributed by atoms with Crippen molar-refractivity contribution in [3.05, 3.63) is 59.4 Å². The van der Waals surface area contributed by atoms with Crippen molar-refractivity contribution < 1.29 is 4.39 Å². The summed E-state index contributed by atoms with van der Waals surface area (Å²) in [5.41, 5.74) is 0.210. The van der Waals surface area contributed by atoms with E-state index in [9.17, 15) is 4.39 Å². The van der Waals surface area contributed by atoms with Gasteiger partial charge in [-0.2, -0.15) is 5.10 Å². The fourth-order valence-electron chi connectivity index (χ4n) is 2.92. The van der Waals surface area contributed by atoms with Crippen LogP contribution < -0.4 is 0 Å². The molecule has 1 aliphatic rings. The molecule has 1 fully saturated rings. The van der Waals surface area contributed by atoms with E-state index in [4.69, 9.17) is 11.6 Å². The molecule has 7 heteroatoms. The molecule has 4 rings (SSSR count). The maximum Gasteiger partial charge on any atom is 0.167 e. The van der Waals surface area contributed by atoms with Crippen LogP contribution in [0, 0.1) is 12.7 Å². The van der Waals surface area contributed by atoms with Crippen LogP contribution in [-0.4, -0.2) is 24.3 Å². The van der Waals surface area contributed by atoms with Crippen LogP contribution in [-0.2, 0) is 12.0 Å². The Morgan fingerprint density at radius 3 is 2.87 bits per heavy atom. The summed E-state index contributed by atoms with van der Waals surface area (Å²) in [4.78, 5) is 8.66. The van der Waals surface area contributed by atoms with Gasteiger partial charge in [-0.1, -0.05) is 17.7 Å². The first kappa shape index (κ1) is 14.4. The zero-order valence-corrected chi connectivity index (χ0v) is 13.3. The van der Waals surface area contributed by atoms with Crippen LogP contribution in [0.2, 0.25) is 5.02 Å². The van der Waals surface area contributed by atoms with E-state index in [1.54, 1.807) is 29.3 Å². The van der Waals surface area contributed by atoms with Crippen LogP contribution >= 0.6 is 11.6 Å². The molecule has 1 saturated carbocycles. The van der Waals surface area contributed by atoms with Gasteiger partial charge in [0, 0.05) is 24.4 Å². The second-order valence-corrected chi connectivity index (χ2v) is 6.39. The van der Waals surface area contributed by atoms with Crippen LogP contribution in [0.5, 0.6) is 0 Å². The summed E-state index contributed by atoms with van der Waals surface area (Å²) in [6, 6.07) is 4.92. The van der Waals surface area contributed by atoms with E-state index in [-0.39, 0.29) is 10.4 Å². The summed E-state index contributed by atoms with van der Waals surface area (Å²) in [5, 5.41) is 4.48. The van der Waals surface area contributed by atoms with E-state index < -0.39 is 5.82 Å². The number of hydrogen-bond acceptors (Lipinski definition) is 3. The van der Waals surface area contributed by atoms with E-state index in [1.165, 1.54) is 6.07 Å². The van der Waals surface area contributed by atoms with Gasteiger partial charge in [-0.15, -0.1) is 0 Å². The molecule has 0 spiro atoms. The Bertz CT molecular complexity index is 851. The summed E-state index contributed by atoms with van der Waals surface area (Å²) in [5.74, 6) is 0.930. The van der Waals surface area contributed by atoms with Gasteiger partial charge in [-0.05, 0) is 31.9 Å². The molecule has 0 atom stereocenters. The van der Waals surface area contributed by atoms with E-state index in [1.807, 2.05) is 17.7 Å². The van der Waals surface area contributed by atoms with Gasteiger partial charge in [-0.25, -0.2) is 19.0 Å². The monoisotopic (exact) mass is 331 g/mol. The average molecular weight is 332 g/mol. The second kappa shape index (κ2) is 5.16. The zero-order chi connectivity index (χ0) is 16.0. The molecule has 5 nitrogen and oxygen atoms in total. The summed E-state index contributed by atoms with van der Waals surface area (Å²) in [6.45, 7) is 2.57. The predicted molar refractivity (Wildman–Crippen MR) is 84.2 cm³/mol. The number of halogens is 2. The third kappa shape index (κ3) is 2.43. The van der Waals surface area contributed by atoms with E-state index in [0.717, 1.165) is 25.2 Å². The number of aromatic nitrogens is 5. The highest BCUT2D eigenvalue weighted by Crippen LogP contribution is 2.49. The molecule has 1 aliphatic carbocycles. The molecular formula is C16H15ClFN5. The molecular weight excluding hydrogens is 317 g/mol. The lowest BCUT2D eigenvalue weighted by atomic mass is 10.1. The van der Waals surface area contributed by atoms with Crippen LogP contribution in [0.25, 0.3) is 5.69 Å². The van der Waals surface area contributed by atoms with Gasteiger partial charge in [0.1, 0.15) is 17.3 Å². The van der Waals surface area contributed by atoms with Crippen molar-refractivity contribution >= 4 is 11.6 Å². The van der Waals surface area contributed by atoms with Crippen LogP contribution in [0.3, 0.4) is 0 Å². The molecule has 0 bridgehead atoms. The third-order valence-electron chi connectivity index (χ3n) is 4.24. The number of aryl methyl sites for hydroxylation is 1. The minimum absolute atomic E-state index is 0.0843.